The fourth-order valence-corrected chi connectivity index (χ4v) is 2.78. The number of carbonyl (C=O) groups is 2. The van der Waals surface area contributed by atoms with Gasteiger partial charge in [0, 0.05) is 6.54 Å². The summed E-state index contributed by atoms with van der Waals surface area (Å²) in [7, 11) is 0. The first-order valence-corrected chi connectivity index (χ1v) is 8.76. The minimum absolute atomic E-state index is 0.250. The molecule has 31 heavy (non-hydrogen) atoms. The number of rotatable bonds is 6. The Hall–Kier alpha value is -3.89. The van der Waals surface area contributed by atoms with Crippen LogP contribution in [0.3, 0.4) is 0 Å². The van der Waals surface area contributed by atoms with E-state index in [9.17, 15) is 32.3 Å². The van der Waals surface area contributed by atoms with Crippen molar-refractivity contribution >= 4 is 11.9 Å². The van der Waals surface area contributed by atoms with Crippen LogP contribution in [0.4, 0.5) is 17.6 Å². The third-order valence-corrected chi connectivity index (χ3v) is 4.26. The quantitative estimate of drug-likeness (QED) is 0.576. The van der Waals surface area contributed by atoms with Crippen LogP contribution in [0.1, 0.15) is 21.6 Å². The van der Waals surface area contributed by atoms with Crippen LogP contribution in [0.5, 0.6) is 5.75 Å². The van der Waals surface area contributed by atoms with Crippen LogP contribution in [-0.2, 0) is 17.5 Å². The van der Waals surface area contributed by atoms with Gasteiger partial charge in [0.1, 0.15) is 12.4 Å². The Morgan fingerprint density at radius 2 is 1.65 bits per heavy atom. The van der Waals surface area contributed by atoms with Gasteiger partial charge < -0.3 is 15.1 Å². The van der Waals surface area contributed by atoms with Crippen molar-refractivity contribution in [3.63, 3.8) is 0 Å². The number of carbonyl (C=O) groups excluding carboxylic acids is 1. The fourth-order valence-electron chi connectivity index (χ4n) is 2.78. The summed E-state index contributed by atoms with van der Waals surface area (Å²) in [4.78, 5) is 24.8. The maximum atomic E-state index is 13.1. The molecule has 0 saturated heterocycles. The van der Waals surface area contributed by atoms with E-state index >= 15 is 0 Å². The third-order valence-electron chi connectivity index (χ3n) is 4.26. The van der Waals surface area contributed by atoms with E-state index in [-0.39, 0.29) is 12.1 Å². The Morgan fingerprint density at radius 1 is 1.03 bits per heavy atom. The van der Waals surface area contributed by atoms with Crippen molar-refractivity contribution in [2.24, 2.45) is 0 Å². The number of hydrogen-bond donors (Lipinski definition) is 2. The molecular formula is C20H15F4N3O4. The molecular weight excluding hydrogens is 422 g/mol. The number of hydrogen-bond acceptors (Lipinski definition) is 4. The molecule has 2 N–H and O–H groups in total. The van der Waals surface area contributed by atoms with E-state index in [1.54, 1.807) is 0 Å². The molecule has 1 amide bonds. The van der Waals surface area contributed by atoms with Gasteiger partial charge in [0.2, 0.25) is 0 Å². The van der Waals surface area contributed by atoms with E-state index in [0.717, 1.165) is 52.2 Å². The zero-order chi connectivity index (χ0) is 22.8. The Morgan fingerprint density at radius 3 is 2.19 bits per heavy atom. The summed E-state index contributed by atoms with van der Waals surface area (Å²) < 4.78 is 52.3. The normalized spacial score (nSPS) is 11.4. The lowest BCUT2D eigenvalue weighted by Gasteiger charge is -2.20. The van der Waals surface area contributed by atoms with Gasteiger partial charge in [-0.15, -0.1) is 0 Å². The van der Waals surface area contributed by atoms with Crippen LogP contribution in [0.25, 0.3) is 5.69 Å². The monoisotopic (exact) mass is 437 g/mol. The largest absolute Gasteiger partial charge is 0.504 e. The number of nitrogens with zero attached hydrogens (tertiary/aromatic N) is 3. The molecule has 0 aliphatic heterocycles. The lowest BCUT2D eigenvalue weighted by atomic mass is 10.1. The molecule has 162 valence electrons. The first-order chi connectivity index (χ1) is 14.5. The van der Waals surface area contributed by atoms with E-state index in [2.05, 4.69) is 5.10 Å². The standard InChI is InChI=1S/C20H15F4N3O4/c21-14-5-7-15(8-6-14)27-10-16(28)18(25-27)19(31)26(11-17(29)30)9-12-1-3-13(4-2-12)20(22,23)24/h1-8,10,28H,9,11H2,(H,29,30). The molecule has 11 heteroatoms. The molecule has 7 nitrogen and oxygen atoms in total. The highest BCUT2D eigenvalue weighted by molar-refractivity contribution is 5.96. The van der Waals surface area contributed by atoms with E-state index in [1.165, 1.54) is 12.1 Å². The number of aromatic hydroxyl groups is 1. The molecule has 2 aromatic carbocycles. The first kappa shape index (κ1) is 21.8. The van der Waals surface area contributed by atoms with Crippen molar-refractivity contribution in [3.05, 3.63) is 77.4 Å². The van der Waals surface area contributed by atoms with Crippen LogP contribution >= 0.6 is 0 Å². The van der Waals surface area contributed by atoms with Crippen molar-refractivity contribution in [1.29, 1.82) is 0 Å². The van der Waals surface area contributed by atoms with E-state index in [1.807, 2.05) is 0 Å². The highest BCUT2D eigenvalue weighted by Gasteiger charge is 2.30. The van der Waals surface area contributed by atoms with Crippen LogP contribution in [0.2, 0.25) is 0 Å². The average molecular weight is 437 g/mol. The molecule has 0 atom stereocenters. The number of alkyl halides is 3. The number of carboxylic acids is 1. The van der Waals surface area contributed by atoms with Crippen LogP contribution < -0.4 is 0 Å². The second-order valence-electron chi connectivity index (χ2n) is 6.53. The lowest BCUT2D eigenvalue weighted by molar-refractivity contribution is -0.138. The average Bonchev–Trinajstić information content (AvgIpc) is 3.08. The van der Waals surface area contributed by atoms with Gasteiger partial charge in [0.05, 0.1) is 17.4 Å². The van der Waals surface area contributed by atoms with E-state index in [4.69, 9.17) is 5.11 Å². The Balaban J connectivity index is 1.86. The van der Waals surface area contributed by atoms with Crippen LogP contribution in [-0.4, -0.2) is 43.3 Å². The molecule has 0 aliphatic carbocycles. The first-order valence-electron chi connectivity index (χ1n) is 8.76. The maximum absolute atomic E-state index is 13.1. The summed E-state index contributed by atoms with van der Waals surface area (Å²) in [5, 5.41) is 23.2. The summed E-state index contributed by atoms with van der Waals surface area (Å²) >= 11 is 0. The molecule has 0 unspecified atom stereocenters. The van der Waals surface area contributed by atoms with Gasteiger partial charge in [-0.1, -0.05) is 12.1 Å². The smallest absolute Gasteiger partial charge is 0.416 e. The van der Waals surface area contributed by atoms with Gasteiger partial charge in [-0.2, -0.15) is 18.3 Å². The second kappa shape index (κ2) is 8.46. The van der Waals surface area contributed by atoms with Crippen molar-refractivity contribution < 1.29 is 37.4 Å². The van der Waals surface area contributed by atoms with Crippen LogP contribution in [0.15, 0.2) is 54.7 Å². The second-order valence-corrected chi connectivity index (χ2v) is 6.53. The Labute approximate surface area is 172 Å². The van der Waals surface area contributed by atoms with Gasteiger partial charge in [-0.05, 0) is 42.0 Å². The molecule has 3 rings (SSSR count). The summed E-state index contributed by atoms with van der Waals surface area (Å²) in [6.45, 7) is -1.10. The SMILES string of the molecule is O=C(O)CN(Cc1ccc(C(F)(F)F)cc1)C(=O)c1nn(-c2ccc(F)cc2)cc1O. The van der Waals surface area contributed by atoms with Crippen molar-refractivity contribution in [3.8, 4) is 11.4 Å². The number of aliphatic carboxylic acids is 1. The molecule has 0 aliphatic rings. The van der Waals surface area contributed by atoms with Gasteiger partial charge in [0.15, 0.2) is 11.4 Å². The molecule has 0 saturated carbocycles. The summed E-state index contributed by atoms with van der Waals surface area (Å²) in [5.41, 5.74) is -0.760. The van der Waals surface area contributed by atoms with Crippen molar-refractivity contribution in [2.75, 3.05) is 6.54 Å². The van der Waals surface area contributed by atoms with E-state index < -0.39 is 47.4 Å². The molecule has 1 aromatic heterocycles. The Bertz CT molecular complexity index is 1090. The summed E-state index contributed by atoms with van der Waals surface area (Å²) in [6, 6.07) is 8.90. The maximum Gasteiger partial charge on any atom is 0.416 e. The summed E-state index contributed by atoms with van der Waals surface area (Å²) in [5.74, 6) is -3.35. The highest BCUT2D eigenvalue weighted by atomic mass is 19.4. The molecule has 0 spiro atoms. The number of halogens is 4. The number of aromatic nitrogens is 2. The molecule has 0 radical (unpaired) electrons. The number of benzene rings is 2. The zero-order valence-corrected chi connectivity index (χ0v) is 15.7. The highest BCUT2D eigenvalue weighted by Crippen LogP contribution is 2.29. The van der Waals surface area contributed by atoms with Crippen molar-refractivity contribution in [2.45, 2.75) is 12.7 Å². The van der Waals surface area contributed by atoms with Gasteiger partial charge in [-0.3, -0.25) is 9.59 Å². The predicted octanol–water partition coefficient (Wildman–Crippen LogP) is 3.46. The van der Waals surface area contributed by atoms with Gasteiger partial charge >= 0.3 is 12.1 Å². The van der Waals surface area contributed by atoms with Gasteiger partial charge in [0.25, 0.3) is 5.91 Å². The molecule has 0 bridgehead atoms. The predicted molar refractivity (Wildman–Crippen MR) is 99.0 cm³/mol. The molecule has 0 fully saturated rings. The number of carboxylic acid groups (broad SMARTS) is 1. The lowest BCUT2D eigenvalue weighted by Crippen LogP contribution is -2.35. The minimum Gasteiger partial charge on any atom is -0.504 e. The van der Waals surface area contributed by atoms with Crippen LogP contribution in [0, 0.1) is 5.82 Å². The topological polar surface area (TPSA) is 95.7 Å². The van der Waals surface area contributed by atoms with Gasteiger partial charge in [-0.25, -0.2) is 9.07 Å². The summed E-state index contributed by atoms with van der Waals surface area (Å²) in [6.07, 6.45) is -3.44. The minimum atomic E-state index is -4.53. The molecule has 1 heterocycles. The van der Waals surface area contributed by atoms with Crippen molar-refractivity contribution in [1.82, 2.24) is 14.7 Å². The van der Waals surface area contributed by atoms with E-state index in [0.29, 0.717) is 5.69 Å². The Kier molecular flexibility index (Phi) is 5.95. The molecule has 3 aromatic rings. The fraction of sp³-hybridized carbons (Fsp3) is 0.150. The third kappa shape index (κ3) is 5.18. The number of amides is 1. The zero-order valence-electron chi connectivity index (χ0n) is 15.7.